The zero-order valence-corrected chi connectivity index (χ0v) is 10.1. The summed E-state index contributed by atoms with van der Waals surface area (Å²) >= 11 is 1.59. The number of hydrogen-bond donors (Lipinski definition) is 1. The Morgan fingerprint density at radius 1 is 1.31 bits per heavy atom. The van der Waals surface area contributed by atoms with Crippen molar-refractivity contribution in [2.75, 3.05) is 0 Å². The standard InChI is InChI=1S/C12H14N2OS/c1-9(15)11-8-13-12(14(11)2)16-10-6-4-3-5-7-10/h3-9,15H,1-2H3. The number of aliphatic hydroxyl groups excluding tert-OH is 1. The van der Waals surface area contributed by atoms with Gasteiger partial charge in [0.15, 0.2) is 5.16 Å². The van der Waals surface area contributed by atoms with E-state index in [1.165, 1.54) is 0 Å². The highest BCUT2D eigenvalue weighted by molar-refractivity contribution is 7.99. The average Bonchev–Trinajstić information content (AvgIpc) is 2.62. The summed E-state index contributed by atoms with van der Waals surface area (Å²) in [5.74, 6) is 0. The number of benzene rings is 1. The van der Waals surface area contributed by atoms with Crippen LogP contribution in [-0.2, 0) is 7.05 Å². The van der Waals surface area contributed by atoms with Crippen LogP contribution in [0.4, 0.5) is 0 Å². The molecule has 1 unspecified atom stereocenters. The minimum atomic E-state index is -0.484. The SMILES string of the molecule is CC(O)c1cnc(Sc2ccccc2)n1C. The van der Waals surface area contributed by atoms with Gasteiger partial charge in [-0.3, -0.25) is 0 Å². The Bertz CT molecular complexity index is 465. The number of hydrogen-bond acceptors (Lipinski definition) is 3. The van der Waals surface area contributed by atoms with E-state index in [4.69, 9.17) is 0 Å². The van der Waals surface area contributed by atoms with Gasteiger partial charge >= 0.3 is 0 Å². The molecule has 0 fully saturated rings. The number of imidazole rings is 1. The van der Waals surface area contributed by atoms with Crippen LogP contribution in [-0.4, -0.2) is 14.7 Å². The normalized spacial score (nSPS) is 12.7. The molecular weight excluding hydrogens is 220 g/mol. The van der Waals surface area contributed by atoms with Crippen LogP contribution >= 0.6 is 11.8 Å². The summed E-state index contributed by atoms with van der Waals surface area (Å²) in [7, 11) is 1.92. The van der Waals surface area contributed by atoms with E-state index in [0.29, 0.717) is 0 Å². The maximum absolute atomic E-state index is 9.51. The first-order chi connectivity index (χ1) is 7.68. The van der Waals surface area contributed by atoms with Gasteiger partial charge < -0.3 is 9.67 Å². The van der Waals surface area contributed by atoms with Gasteiger partial charge in [-0.1, -0.05) is 30.0 Å². The Balaban J connectivity index is 2.23. The second-order valence-corrected chi connectivity index (χ2v) is 4.66. The van der Waals surface area contributed by atoms with Crippen LogP contribution in [0.2, 0.25) is 0 Å². The van der Waals surface area contributed by atoms with Crippen molar-refractivity contribution in [3.8, 4) is 0 Å². The molecule has 0 aliphatic heterocycles. The fourth-order valence-electron chi connectivity index (χ4n) is 1.48. The Morgan fingerprint density at radius 3 is 2.56 bits per heavy atom. The lowest BCUT2D eigenvalue weighted by Crippen LogP contribution is -2.01. The molecule has 2 rings (SSSR count). The van der Waals surface area contributed by atoms with E-state index in [2.05, 4.69) is 4.98 Å². The van der Waals surface area contributed by atoms with E-state index < -0.39 is 6.10 Å². The summed E-state index contributed by atoms with van der Waals surface area (Å²) < 4.78 is 1.92. The molecule has 0 saturated carbocycles. The van der Waals surface area contributed by atoms with Gasteiger partial charge in [-0.25, -0.2) is 4.98 Å². The van der Waals surface area contributed by atoms with E-state index >= 15 is 0 Å². The molecule has 16 heavy (non-hydrogen) atoms. The molecule has 0 spiro atoms. The highest BCUT2D eigenvalue weighted by Gasteiger charge is 2.11. The first-order valence-corrected chi connectivity index (χ1v) is 5.92. The smallest absolute Gasteiger partial charge is 0.172 e. The summed E-state index contributed by atoms with van der Waals surface area (Å²) in [6.45, 7) is 1.74. The van der Waals surface area contributed by atoms with Gasteiger partial charge in [0.1, 0.15) is 0 Å². The number of nitrogens with zero attached hydrogens (tertiary/aromatic N) is 2. The van der Waals surface area contributed by atoms with Crippen molar-refractivity contribution in [2.45, 2.75) is 23.1 Å². The van der Waals surface area contributed by atoms with Crippen LogP contribution in [0.3, 0.4) is 0 Å². The molecule has 0 saturated heterocycles. The summed E-state index contributed by atoms with van der Waals surface area (Å²) in [6.07, 6.45) is 1.23. The molecule has 1 atom stereocenters. The summed E-state index contributed by atoms with van der Waals surface area (Å²) in [6, 6.07) is 10.1. The number of rotatable bonds is 3. The van der Waals surface area contributed by atoms with Gasteiger partial charge in [0, 0.05) is 11.9 Å². The lowest BCUT2D eigenvalue weighted by Gasteiger charge is -2.07. The van der Waals surface area contributed by atoms with Crippen LogP contribution in [0, 0.1) is 0 Å². The van der Waals surface area contributed by atoms with Crippen LogP contribution in [0.25, 0.3) is 0 Å². The first-order valence-electron chi connectivity index (χ1n) is 5.11. The summed E-state index contributed by atoms with van der Waals surface area (Å²) in [4.78, 5) is 5.44. The largest absolute Gasteiger partial charge is 0.387 e. The molecule has 4 heteroatoms. The minimum Gasteiger partial charge on any atom is -0.387 e. The molecule has 0 radical (unpaired) electrons. The zero-order chi connectivity index (χ0) is 11.5. The summed E-state index contributed by atoms with van der Waals surface area (Å²) in [5.41, 5.74) is 0.832. The van der Waals surface area contributed by atoms with E-state index in [-0.39, 0.29) is 0 Å². The van der Waals surface area contributed by atoms with Gasteiger partial charge in [-0.15, -0.1) is 0 Å². The van der Waals surface area contributed by atoms with Crippen molar-refractivity contribution < 1.29 is 5.11 Å². The van der Waals surface area contributed by atoms with Crippen molar-refractivity contribution in [1.82, 2.24) is 9.55 Å². The van der Waals surface area contributed by atoms with Crippen molar-refractivity contribution in [1.29, 1.82) is 0 Å². The molecule has 1 N–H and O–H groups in total. The molecule has 0 bridgehead atoms. The molecular formula is C12H14N2OS. The second-order valence-electron chi connectivity index (χ2n) is 3.62. The van der Waals surface area contributed by atoms with Crippen molar-refractivity contribution in [3.63, 3.8) is 0 Å². The average molecular weight is 234 g/mol. The molecule has 1 aromatic heterocycles. The minimum absolute atomic E-state index is 0.484. The predicted octanol–water partition coefficient (Wildman–Crippen LogP) is 2.62. The Labute approximate surface area is 99.1 Å². The maximum atomic E-state index is 9.51. The second kappa shape index (κ2) is 4.72. The monoisotopic (exact) mass is 234 g/mol. The molecule has 0 aliphatic rings. The van der Waals surface area contributed by atoms with E-state index in [1.54, 1.807) is 24.9 Å². The van der Waals surface area contributed by atoms with Crippen LogP contribution < -0.4 is 0 Å². The van der Waals surface area contributed by atoms with E-state index in [1.807, 2.05) is 41.9 Å². The van der Waals surface area contributed by atoms with Gasteiger partial charge in [-0.2, -0.15) is 0 Å². The first kappa shape index (κ1) is 11.2. The predicted molar refractivity (Wildman–Crippen MR) is 64.4 cm³/mol. The third-order valence-electron chi connectivity index (χ3n) is 2.36. The topological polar surface area (TPSA) is 38.1 Å². The van der Waals surface area contributed by atoms with Crippen LogP contribution in [0.5, 0.6) is 0 Å². The van der Waals surface area contributed by atoms with Crippen LogP contribution in [0.15, 0.2) is 46.6 Å². The quantitative estimate of drug-likeness (QED) is 0.887. The Morgan fingerprint density at radius 2 is 2.00 bits per heavy atom. The summed E-state index contributed by atoms with van der Waals surface area (Å²) in [5, 5.41) is 10.4. The maximum Gasteiger partial charge on any atom is 0.172 e. The van der Waals surface area contributed by atoms with Gasteiger partial charge in [0.2, 0.25) is 0 Å². The highest BCUT2D eigenvalue weighted by Crippen LogP contribution is 2.27. The van der Waals surface area contributed by atoms with E-state index in [0.717, 1.165) is 15.7 Å². The highest BCUT2D eigenvalue weighted by atomic mass is 32.2. The third kappa shape index (κ3) is 2.28. The van der Waals surface area contributed by atoms with Gasteiger partial charge in [0.05, 0.1) is 18.0 Å². The Hall–Kier alpha value is -1.26. The number of aliphatic hydroxyl groups is 1. The molecule has 84 valence electrons. The molecule has 0 amide bonds. The third-order valence-corrected chi connectivity index (χ3v) is 3.43. The van der Waals surface area contributed by atoms with E-state index in [9.17, 15) is 5.11 Å². The van der Waals surface area contributed by atoms with Crippen molar-refractivity contribution in [2.24, 2.45) is 7.05 Å². The molecule has 1 aromatic carbocycles. The molecule has 2 aromatic rings. The fraction of sp³-hybridized carbons (Fsp3) is 0.250. The molecule has 1 heterocycles. The van der Waals surface area contributed by atoms with Crippen molar-refractivity contribution in [3.05, 3.63) is 42.2 Å². The Kier molecular flexibility index (Phi) is 3.31. The van der Waals surface area contributed by atoms with Crippen molar-refractivity contribution >= 4 is 11.8 Å². The zero-order valence-electron chi connectivity index (χ0n) is 9.29. The number of aromatic nitrogens is 2. The van der Waals surface area contributed by atoms with Gasteiger partial charge in [-0.05, 0) is 19.1 Å². The van der Waals surface area contributed by atoms with Gasteiger partial charge in [0.25, 0.3) is 0 Å². The lowest BCUT2D eigenvalue weighted by molar-refractivity contribution is 0.189. The lowest BCUT2D eigenvalue weighted by atomic mass is 10.3. The fourth-order valence-corrected chi connectivity index (χ4v) is 2.33. The molecule has 3 nitrogen and oxygen atoms in total. The molecule has 0 aliphatic carbocycles. The van der Waals surface area contributed by atoms with Crippen LogP contribution in [0.1, 0.15) is 18.7 Å².